The van der Waals surface area contributed by atoms with Crippen molar-refractivity contribution in [3.8, 4) is 0 Å². The van der Waals surface area contributed by atoms with Gasteiger partial charge >= 0.3 is 0 Å². The van der Waals surface area contributed by atoms with E-state index in [4.69, 9.17) is 0 Å². The number of H-pyrrole nitrogens is 1. The van der Waals surface area contributed by atoms with Crippen LogP contribution in [0.3, 0.4) is 0 Å². The maximum Gasteiger partial charge on any atom is 0.251 e. The summed E-state index contributed by atoms with van der Waals surface area (Å²) in [7, 11) is 1.82. The molecule has 0 aliphatic rings. The largest absolute Gasteiger partial charge is 0.346 e. The predicted octanol–water partition coefficient (Wildman–Crippen LogP) is 2.72. The van der Waals surface area contributed by atoms with E-state index in [2.05, 4.69) is 11.9 Å². The third kappa shape index (κ3) is 3.94. The van der Waals surface area contributed by atoms with Crippen LogP contribution in [0.5, 0.6) is 0 Å². The molecule has 0 fully saturated rings. The van der Waals surface area contributed by atoms with Crippen LogP contribution in [-0.4, -0.2) is 29.4 Å². The zero-order chi connectivity index (χ0) is 15.2. The molecule has 4 heteroatoms. The van der Waals surface area contributed by atoms with E-state index in [0.29, 0.717) is 18.4 Å². The van der Waals surface area contributed by atoms with E-state index in [-0.39, 0.29) is 11.5 Å². The number of amides is 1. The maximum atomic E-state index is 12.0. The van der Waals surface area contributed by atoms with Crippen LogP contribution >= 0.6 is 0 Å². The second-order valence-electron chi connectivity index (χ2n) is 5.38. The van der Waals surface area contributed by atoms with Crippen LogP contribution < -0.4 is 5.56 Å². The quantitative estimate of drug-likeness (QED) is 0.887. The number of benzene rings is 1. The lowest BCUT2D eigenvalue weighted by molar-refractivity contribution is -0.129. The number of para-hydroxylation sites is 1. The molecule has 0 spiro atoms. The van der Waals surface area contributed by atoms with Crippen molar-refractivity contribution in [3.63, 3.8) is 0 Å². The summed E-state index contributed by atoms with van der Waals surface area (Å²) in [6.45, 7) is 2.89. The second kappa shape index (κ2) is 7.07. The van der Waals surface area contributed by atoms with Crippen molar-refractivity contribution in [2.75, 3.05) is 13.6 Å². The van der Waals surface area contributed by atoms with Crippen LogP contribution in [0.4, 0.5) is 0 Å². The van der Waals surface area contributed by atoms with Crippen molar-refractivity contribution in [1.82, 2.24) is 9.88 Å². The first kappa shape index (κ1) is 15.3. The van der Waals surface area contributed by atoms with Gasteiger partial charge in [-0.2, -0.15) is 0 Å². The number of aromatic nitrogens is 1. The van der Waals surface area contributed by atoms with Gasteiger partial charge in [0.05, 0.1) is 0 Å². The highest BCUT2D eigenvalue weighted by atomic mass is 16.2. The zero-order valence-electron chi connectivity index (χ0n) is 12.7. The molecule has 0 aliphatic carbocycles. The predicted molar refractivity (Wildman–Crippen MR) is 85.4 cm³/mol. The topological polar surface area (TPSA) is 53.2 Å². The minimum atomic E-state index is -0.0993. The number of carbonyl (C=O) groups is 1. The number of hydrogen-bond acceptors (Lipinski definition) is 2. The summed E-state index contributed by atoms with van der Waals surface area (Å²) in [6.07, 6.45) is 2.94. The van der Waals surface area contributed by atoms with Gasteiger partial charge in [0.15, 0.2) is 0 Å². The molecule has 2 aromatic rings. The first-order chi connectivity index (χ1) is 10.1. The van der Waals surface area contributed by atoms with Gasteiger partial charge in [-0.1, -0.05) is 31.5 Å². The number of nitrogens with one attached hydrogen (secondary N) is 1. The number of hydrogen-bond donors (Lipinski definition) is 1. The molecular formula is C17H22N2O2. The Kier molecular flexibility index (Phi) is 5.14. The molecule has 112 valence electrons. The van der Waals surface area contributed by atoms with Gasteiger partial charge in [-0.15, -0.1) is 0 Å². The van der Waals surface area contributed by atoms with E-state index in [1.54, 1.807) is 4.90 Å². The van der Waals surface area contributed by atoms with Gasteiger partial charge in [0.2, 0.25) is 5.91 Å². The Morgan fingerprint density at radius 1 is 1.29 bits per heavy atom. The van der Waals surface area contributed by atoms with E-state index in [1.807, 2.05) is 37.4 Å². The number of nitrogens with zero attached hydrogens (tertiary/aromatic N) is 1. The molecule has 4 nitrogen and oxygen atoms in total. The van der Waals surface area contributed by atoms with Crippen molar-refractivity contribution in [1.29, 1.82) is 0 Å². The number of unbranched alkanes of at least 4 members (excludes halogenated alkanes) is 1. The molecule has 1 N–H and O–H groups in total. The molecule has 1 aromatic heterocycles. The highest BCUT2D eigenvalue weighted by molar-refractivity contribution is 5.79. The summed E-state index contributed by atoms with van der Waals surface area (Å²) in [5, 5.41) is 0.999. The van der Waals surface area contributed by atoms with Crippen LogP contribution in [0.15, 0.2) is 35.1 Å². The fourth-order valence-electron chi connectivity index (χ4n) is 2.33. The Balaban J connectivity index is 2.05. The fraction of sp³-hybridized carbons (Fsp3) is 0.412. The number of aryl methyl sites for hydroxylation is 1. The molecule has 0 aliphatic heterocycles. The number of rotatable bonds is 6. The molecule has 0 bridgehead atoms. The van der Waals surface area contributed by atoms with Crippen molar-refractivity contribution < 1.29 is 4.79 Å². The van der Waals surface area contributed by atoms with E-state index in [9.17, 15) is 9.59 Å². The number of carbonyl (C=O) groups excluding carboxylic acids is 1. The highest BCUT2D eigenvalue weighted by Crippen LogP contribution is 2.11. The van der Waals surface area contributed by atoms with Crippen LogP contribution in [0.1, 0.15) is 31.7 Å². The second-order valence-corrected chi connectivity index (χ2v) is 5.38. The average Bonchev–Trinajstić information content (AvgIpc) is 2.50. The van der Waals surface area contributed by atoms with Crippen molar-refractivity contribution in [2.24, 2.45) is 0 Å². The van der Waals surface area contributed by atoms with Crippen LogP contribution in [-0.2, 0) is 11.2 Å². The Morgan fingerprint density at radius 3 is 2.81 bits per heavy atom. The van der Waals surface area contributed by atoms with E-state index < -0.39 is 0 Å². The minimum absolute atomic E-state index is 0.0935. The normalized spacial score (nSPS) is 10.8. The number of aromatic amines is 1. The molecule has 1 heterocycles. The van der Waals surface area contributed by atoms with Gasteiger partial charge in [0, 0.05) is 31.1 Å². The summed E-state index contributed by atoms with van der Waals surface area (Å²) in [5.74, 6) is 0.0935. The van der Waals surface area contributed by atoms with Gasteiger partial charge in [-0.25, -0.2) is 0 Å². The Hall–Kier alpha value is -2.10. The molecule has 0 atom stereocenters. The maximum absolute atomic E-state index is 12.0. The molecule has 0 saturated carbocycles. The van der Waals surface area contributed by atoms with Crippen LogP contribution in [0, 0.1) is 0 Å². The van der Waals surface area contributed by atoms with Gasteiger partial charge in [0.1, 0.15) is 0 Å². The molecular weight excluding hydrogens is 264 g/mol. The first-order valence-electron chi connectivity index (χ1n) is 7.46. The molecule has 1 amide bonds. The summed E-state index contributed by atoms with van der Waals surface area (Å²) < 4.78 is 0. The van der Waals surface area contributed by atoms with E-state index in [1.165, 1.54) is 0 Å². The molecule has 21 heavy (non-hydrogen) atoms. The lowest BCUT2D eigenvalue weighted by Gasteiger charge is -2.16. The van der Waals surface area contributed by atoms with E-state index >= 15 is 0 Å². The van der Waals surface area contributed by atoms with Gasteiger partial charge in [0.25, 0.3) is 5.56 Å². The van der Waals surface area contributed by atoms with E-state index in [0.717, 1.165) is 30.3 Å². The fourth-order valence-corrected chi connectivity index (χ4v) is 2.33. The zero-order valence-corrected chi connectivity index (χ0v) is 12.7. The van der Waals surface area contributed by atoms with Crippen molar-refractivity contribution >= 4 is 16.8 Å². The standard InChI is InChI=1S/C17H22N2O2/c1-3-4-11-19(2)16(20)10-9-14-12-13-7-5-6-8-15(13)18-17(14)21/h5-8,12H,3-4,9-11H2,1-2H3,(H,18,21). The molecule has 0 radical (unpaired) electrons. The van der Waals surface area contributed by atoms with Crippen LogP contribution in [0.25, 0.3) is 10.9 Å². The van der Waals surface area contributed by atoms with Crippen LogP contribution in [0.2, 0.25) is 0 Å². The molecule has 2 rings (SSSR count). The lowest BCUT2D eigenvalue weighted by Crippen LogP contribution is -2.28. The summed E-state index contributed by atoms with van der Waals surface area (Å²) in [4.78, 5) is 28.6. The SMILES string of the molecule is CCCCN(C)C(=O)CCc1cc2ccccc2[nH]c1=O. The van der Waals surface area contributed by atoms with Crippen molar-refractivity contribution in [2.45, 2.75) is 32.6 Å². The van der Waals surface area contributed by atoms with Gasteiger partial charge in [-0.05, 0) is 30.4 Å². The molecule has 1 aromatic carbocycles. The highest BCUT2D eigenvalue weighted by Gasteiger charge is 2.10. The summed E-state index contributed by atoms with van der Waals surface area (Å²) in [6, 6.07) is 9.56. The monoisotopic (exact) mass is 286 g/mol. The number of pyridine rings is 1. The lowest BCUT2D eigenvalue weighted by atomic mass is 10.1. The smallest absolute Gasteiger partial charge is 0.251 e. The molecule has 0 unspecified atom stereocenters. The summed E-state index contributed by atoms with van der Waals surface area (Å²) in [5.41, 5.74) is 1.40. The minimum Gasteiger partial charge on any atom is -0.346 e. The third-order valence-corrected chi connectivity index (χ3v) is 3.71. The average molecular weight is 286 g/mol. The Morgan fingerprint density at radius 2 is 2.05 bits per heavy atom. The van der Waals surface area contributed by atoms with Crippen molar-refractivity contribution in [3.05, 3.63) is 46.2 Å². The molecule has 0 saturated heterocycles. The summed E-state index contributed by atoms with van der Waals surface area (Å²) >= 11 is 0. The van der Waals surface area contributed by atoms with Gasteiger partial charge in [-0.3, -0.25) is 9.59 Å². The Labute approximate surface area is 124 Å². The third-order valence-electron chi connectivity index (χ3n) is 3.71. The van der Waals surface area contributed by atoms with Gasteiger partial charge < -0.3 is 9.88 Å². The Bertz CT molecular complexity index is 676. The first-order valence-corrected chi connectivity index (χ1v) is 7.46. The number of fused-ring (bicyclic) bond motifs is 1.